The molecule has 1 atom stereocenters. The van der Waals surface area contributed by atoms with Crippen molar-refractivity contribution in [3.05, 3.63) is 90.1 Å². The highest BCUT2D eigenvalue weighted by atomic mass is 16.2. The largest absolute Gasteiger partial charge is 0.333 e. The summed E-state index contributed by atoms with van der Waals surface area (Å²) in [5.74, 6) is -0.220. The number of imidazole rings is 1. The lowest BCUT2D eigenvalue weighted by Gasteiger charge is -2.32. The fourth-order valence-corrected chi connectivity index (χ4v) is 3.64. The van der Waals surface area contributed by atoms with Gasteiger partial charge in [0.25, 0.3) is 0 Å². The second-order valence-electron chi connectivity index (χ2n) is 7.07. The van der Waals surface area contributed by atoms with Crippen LogP contribution in [0.3, 0.4) is 0 Å². The molecule has 0 aliphatic carbocycles. The molecule has 146 valence electrons. The standard InChI is InChI=1S/C23H22N4O2/c1-17(28)27-11-9-19-6-2-3-8-21(19)22(27)14-23(29)25-20-7-4-5-18(13-20)15-26-12-10-24-16-26/h2-13,16,22H,14-15H2,1H3,(H,25,29)/t22-/m0/s1. The van der Waals surface area contributed by atoms with Crippen molar-refractivity contribution in [1.82, 2.24) is 14.5 Å². The van der Waals surface area contributed by atoms with Crippen molar-refractivity contribution in [2.24, 2.45) is 0 Å². The Balaban J connectivity index is 1.49. The third-order valence-corrected chi connectivity index (χ3v) is 4.98. The molecule has 0 unspecified atom stereocenters. The molecule has 0 spiro atoms. The monoisotopic (exact) mass is 386 g/mol. The van der Waals surface area contributed by atoms with Crippen LogP contribution in [0.15, 0.2) is 73.5 Å². The number of hydrogen-bond acceptors (Lipinski definition) is 3. The molecule has 4 rings (SSSR count). The normalized spacial score (nSPS) is 15.1. The van der Waals surface area contributed by atoms with Crippen molar-refractivity contribution < 1.29 is 9.59 Å². The maximum absolute atomic E-state index is 12.8. The number of carbonyl (C=O) groups is 2. The maximum Gasteiger partial charge on any atom is 0.226 e. The summed E-state index contributed by atoms with van der Waals surface area (Å²) in [6.07, 6.45) is 9.25. The molecule has 0 fully saturated rings. The second-order valence-corrected chi connectivity index (χ2v) is 7.07. The summed E-state index contributed by atoms with van der Waals surface area (Å²) >= 11 is 0. The molecule has 1 aliphatic heterocycles. The molecule has 1 aromatic heterocycles. The second kappa shape index (κ2) is 8.14. The van der Waals surface area contributed by atoms with Gasteiger partial charge in [0.05, 0.1) is 18.8 Å². The smallest absolute Gasteiger partial charge is 0.226 e. The third-order valence-electron chi connectivity index (χ3n) is 4.98. The molecular weight excluding hydrogens is 364 g/mol. The molecule has 2 amide bonds. The third kappa shape index (κ3) is 4.27. The summed E-state index contributed by atoms with van der Waals surface area (Å²) in [6.45, 7) is 2.20. The number of aromatic nitrogens is 2. The van der Waals surface area contributed by atoms with Crippen molar-refractivity contribution in [3.63, 3.8) is 0 Å². The Labute approximate surface area is 169 Å². The van der Waals surface area contributed by atoms with Crippen molar-refractivity contribution in [2.45, 2.75) is 25.9 Å². The zero-order valence-corrected chi connectivity index (χ0v) is 16.2. The van der Waals surface area contributed by atoms with E-state index < -0.39 is 0 Å². The summed E-state index contributed by atoms with van der Waals surface area (Å²) in [5.41, 5.74) is 3.82. The van der Waals surface area contributed by atoms with Crippen LogP contribution in [-0.4, -0.2) is 26.3 Å². The van der Waals surface area contributed by atoms with Gasteiger partial charge >= 0.3 is 0 Å². The molecule has 2 aromatic carbocycles. The molecule has 3 aromatic rings. The Morgan fingerprint density at radius 2 is 2.00 bits per heavy atom. The van der Waals surface area contributed by atoms with E-state index in [2.05, 4.69) is 10.3 Å². The number of nitrogens with one attached hydrogen (secondary N) is 1. The quantitative estimate of drug-likeness (QED) is 0.725. The number of nitrogens with zero attached hydrogens (tertiary/aromatic N) is 3. The van der Waals surface area contributed by atoms with Crippen LogP contribution < -0.4 is 5.32 Å². The fourth-order valence-electron chi connectivity index (χ4n) is 3.64. The molecule has 6 nitrogen and oxygen atoms in total. The SMILES string of the molecule is CC(=O)N1C=Cc2ccccc2[C@@H]1CC(=O)Nc1cccc(Cn2ccnc2)c1. The van der Waals surface area contributed by atoms with Gasteiger partial charge in [0.1, 0.15) is 0 Å². The van der Waals surface area contributed by atoms with Gasteiger partial charge in [-0.15, -0.1) is 0 Å². The van der Waals surface area contributed by atoms with E-state index in [4.69, 9.17) is 0 Å². The van der Waals surface area contributed by atoms with Crippen LogP contribution in [0.2, 0.25) is 0 Å². The summed E-state index contributed by atoms with van der Waals surface area (Å²) in [5, 5.41) is 2.97. The molecule has 2 heterocycles. The lowest BCUT2D eigenvalue weighted by atomic mass is 9.93. The van der Waals surface area contributed by atoms with Crippen molar-refractivity contribution in [3.8, 4) is 0 Å². The summed E-state index contributed by atoms with van der Waals surface area (Å²) in [4.78, 5) is 30.6. The summed E-state index contributed by atoms with van der Waals surface area (Å²) in [7, 11) is 0. The van der Waals surface area contributed by atoms with Gasteiger partial charge in [-0.25, -0.2) is 4.98 Å². The topological polar surface area (TPSA) is 67.2 Å². The predicted molar refractivity (Wildman–Crippen MR) is 112 cm³/mol. The first-order chi connectivity index (χ1) is 14.1. The lowest BCUT2D eigenvalue weighted by molar-refractivity contribution is -0.129. The van der Waals surface area contributed by atoms with Crippen LogP contribution in [0.25, 0.3) is 6.08 Å². The highest BCUT2D eigenvalue weighted by molar-refractivity contribution is 5.92. The van der Waals surface area contributed by atoms with Crippen LogP contribution in [0.5, 0.6) is 0 Å². The highest BCUT2D eigenvalue weighted by Gasteiger charge is 2.28. The Hall–Kier alpha value is -3.67. The van der Waals surface area contributed by atoms with Crippen molar-refractivity contribution in [2.75, 3.05) is 5.32 Å². The highest BCUT2D eigenvalue weighted by Crippen LogP contribution is 2.33. The van der Waals surface area contributed by atoms with Gasteiger partial charge in [0.2, 0.25) is 11.8 Å². The molecule has 1 aliphatic rings. The van der Waals surface area contributed by atoms with E-state index in [9.17, 15) is 9.59 Å². The molecule has 0 saturated heterocycles. The van der Waals surface area contributed by atoms with Gasteiger partial charge in [0.15, 0.2) is 0 Å². The van der Waals surface area contributed by atoms with Gasteiger partial charge in [-0.1, -0.05) is 36.4 Å². The van der Waals surface area contributed by atoms with E-state index in [1.807, 2.05) is 65.4 Å². The van der Waals surface area contributed by atoms with E-state index in [1.54, 1.807) is 23.6 Å². The minimum Gasteiger partial charge on any atom is -0.333 e. The van der Waals surface area contributed by atoms with Gasteiger partial charge in [-0.2, -0.15) is 0 Å². The average molecular weight is 386 g/mol. The number of benzene rings is 2. The molecule has 0 radical (unpaired) electrons. The van der Waals surface area contributed by atoms with E-state index in [-0.39, 0.29) is 24.3 Å². The zero-order chi connectivity index (χ0) is 20.2. The molecule has 1 N–H and O–H groups in total. The van der Waals surface area contributed by atoms with E-state index in [0.717, 1.165) is 22.4 Å². The Bertz CT molecular complexity index is 1060. The van der Waals surface area contributed by atoms with Gasteiger partial charge < -0.3 is 14.8 Å². The van der Waals surface area contributed by atoms with Crippen molar-refractivity contribution in [1.29, 1.82) is 0 Å². The van der Waals surface area contributed by atoms with Gasteiger partial charge in [-0.3, -0.25) is 9.59 Å². The van der Waals surface area contributed by atoms with E-state index >= 15 is 0 Å². The van der Waals surface area contributed by atoms with Crippen LogP contribution >= 0.6 is 0 Å². The Morgan fingerprint density at radius 1 is 1.14 bits per heavy atom. The maximum atomic E-state index is 12.8. The number of amides is 2. The predicted octanol–water partition coefficient (Wildman–Crippen LogP) is 3.83. The summed E-state index contributed by atoms with van der Waals surface area (Å²) < 4.78 is 1.97. The van der Waals surface area contributed by atoms with Crippen molar-refractivity contribution >= 4 is 23.6 Å². The fraction of sp³-hybridized carbons (Fsp3) is 0.174. The first kappa shape index (κ1) is 18.7. The molecule has 0 bridgehead atoms. The summed E-state index contributed by atoms with van der Waals surface area (Å²) in [6, 6.07) is 15.3. The van der Waals surface area contributed by atoms with Crippen LogP contribution in [-0.2, 0) is 16.1 Å². The number of carbonyl (C=O) groups excluding carboxylic acids is 2. The minimum atomic E-state index is -0.317. The number of hydrogen-bond donors (Lipinski definition) is 1. The molecular formula is C23H22N4O2. The Kier molecular flexibility index (Phi) is 5.24. The molecule has 29 heavy (non-hydrogen) atoms. The van der Waals surface area contributed by atoms with E-state index in [1.165, 1.54) is 6.92 Å². The van der Waals surface area contributed by atoms with Crippen LogP contribution in [0, 0.1) is 0 Å². The number of rotatable bonds is 5. The minimum absolute atomic E-state index is 0.0871. The van der Waals surface area contributed by atoms with Crippen LogP contribution in [0.4, 0.5) is 5.69 Å². The zero-order valence-electron chi connectivity index (χ0n) is 16.2. The molecule has 6 heteroatoms. The average Bonchev–Trinajstić information content (AvgIpc) is 3.21. The van der Waals surface area contributed by atoms with E-state index in [0.29, 0.717) is 6.54 Å². The number of fused-ring (bicyclic) bond motifs is 1. The van der Waals surface area contributed by atoms with Gasteiger partial charge in [-0.05, 0) is 34.9 Å². The first-order valence-electron chi connectivity index (χ1n) is 9.51. The lowest BCUT2D eigenvalue weighted by Crippen LogP contribution is -2.33. The molecule has 0 saturated carbocycles. The first-order valence-corrected chi connectivity index (χ1v) is 9.51. The number of anilines is 1. The van der Waals surface area contributed by atoms with Crippen LogP contribution in [0.1, 0.15) is 36.1 Å². The van der Waals surface area contributed by atoms with Gasteiger partial charge in [0, 0.05) is 37.7 Å². The Morgan fingerprint density at radius 3 is 2.79 bits per heavy atom.